The second kappa shape index (κ2) is 8.23. The lowest BCUT2D eigenvalue weighted by atomic mass is 10.0. The van der Waals surface area contributed by atoms with E-state index in [4.69, 9.17) is 5.11 Å². The van der Waals surface area contributed by atoms with Gasteiger partial charge in [-0.15, -0.1) is 0 Å². The number of nitrogens with zero attached hydrogens (tertiary/aromatic N) is 1. The molecule has 0 saturated heterocycles. The molecule has 0 aromatic heterocycles. The number of rotatable bonds is 6. The number of hydrogen-bond acceptors (Lipinski definition) is 3. The Labute approximate surface area is 139 Å². The maximum atomic E-state index is 13.2. The van der Waals surface area contributed by atoms with Gasteiger partial charge in [-0.05, 0) is 30.5 Å². The van der Waals surface area contributed by atoms with Crippen LogP contribution in [0.1, 0.15) is 25.8 Å². The smallest absolute Gasteiger partial charge is 0.396 e. The number of nitrogens with one attached hydrogen (secondary N) is 2. The molecule has 1 unspecified atom stereocenters. The summed E-state index contributed by atoms with van der Waals surface area (Å²) in [6, 6.07) is 2.66. The number of alkyl halides is 3. The number of carbonyl (C=O) groups is 1. The Morgan fingerprint density at radius 1 is 1.29 bits per heavy atom. The van der Waals surface area contributed by atoms with Crippen LogP contribution in [0, 0.1) is 5.92 Å². The van der Waals surface area contributed by atoms with Gasteiger partial charge in [0.15, 0.2) is 0 Å². The predicted molar refractivity (Wildman–Crippen MR) is 88.3 cm³/mol. The summed E-state index contributed by atoms with van der Waals surface area (Å²) in [5.74, 6) is 0.0427. The first-order chi connectivity index (χ1) is 11.1. The topological polar surface area (TPSA) is 64.6 Å². The number of aliphatic hydroxyl groups is 1. The molecular weight excluding hydrogens is 323 g/mol. The van der Waals surface area contributed by atoms with Gasteiger partial charge in [-0.3, -0.25) is 0 Å². The second-order valence-corrected chi connectivity index (χ2v) is 6.08. The highest BCUT2D eigenvalue weighted by atomic mass is 19.4. The van der Waals surface area contributed by atoms with Gasteiger partial charge in [0.05, 0.1) is 11.3 Å². The van der Waals surface area contributed by atoms with E-state index in [9.17, 15) is 18.0 Å². The van der Waals surface area contributed by atoms with Crippen molar-refractivity contribution < 1.29 is 23.1 Å². The highest BCUT2D eigenvalue weighted by molar-refractivity contribution is 5.90. The minimum absolute atomic E-state index is 0.0427. The molecule has 1 atom stereocenters. The molecule has 0 aliphatic rings. The molecule has 0 spiro atoms. The van der Waals surface area contributed by atoms with Gasteiger partial charge < -0.3 is 20.6 Å². The Hall–Kier alpha value is -1.96. The number of benzene rings is 1. The Kier molecular flexibility index (Phi) is 6.89. The van der Waals surface area contributed by atoms with Gasteiger partial charge in [-0.1, -0.05) is 13.8 Å². The zero-order valence-electron chi connectivity index (χ0n) is 14.2. The number of anilines is 2. The third-order valence-corrected chi connectivity index (χ3v) is 3.63. The van der Waals surface area contributed by atoms with Gasteiger partial charge in [0, 0.05) is 32.4 Å². The first-order valence-electron chi connectivity index (χ1n) is 7.63. The number of halogens is 3. The van der Waals surface area contributed by atoms with Crippen molar-refractivity contribution in [2.75, 3.05) is 30.9 Å². The van der Waals surface area contributed by atoms with Crippen molar-refractivity contribution in [3.63, 3.8) is 0 Å². The maximum absolute atomic E-state index is 13.2. The largest absolute Gasteiger partial charge is 0.418 e. The standard InChI is InChI=1S/C16H24F3N3O2/c1-10(2)13(7-8-23)20-15(24)21-14-6-5-11(22(3)4)9-12(14)16(17,18)19/h5-6,9-10,13,23H,7-8H2,1-4H3,(H2,20,21,24). The van der Waals surface area contributed by atoms with Crippen LogP contribution >= 0.6 is 0 Å². The van der Waals surface area contributed by atoms with Crippen molar-refractivity contribution in [1.29, 1.82) is 0 Å². The molecule has 1 rings (SSSR count). The van der Waals surface area contributed by atoms with Crippen LogP contribution in [0.25, 0.3) is 0 Å². The van der Waals surface area contributed by atoms with Gasteiger partial charge >= 0.3 is 12.2 Å². The van der Waals surface area contributed by atoms with Crippen molar-refractivity contribution in [2.45, 2.75) is 32.5 Å². The summed E-state index contributed by atoms with van der Waals surface area (Å²) >= 11 is 0. The second-order valence-electron chi connectivity index (χ2n) is 6.08. The summed E-state index contributed by atoms with van der Waals surface area (Å²) in [7, 11) is 3.27. The molecule has 136 valence electrons. The molecule has 0 heterocycles. The number of hydrogen-bond donors (Lipinski definition) is 3. The summed E-state index contributed by atoms with van der Waals surface area (Å²) in [6.45, 7) is 3.59. The van der Waals surface area contributed by atoms with E-state index < -0.39 is 17.8 Å². The molecule has 3 N–H and O–H groups in total. The van der Waals surface area contributed by atoms with Crippen LogP contribution in [0.15, 0.2) is 18.2 Å². The predicted octanol–water partition coefficient (Wildman–Crippen LogP) is 3.30. The maximum Gasteiger partial charge on any atom is 0.418 e. The molecule has 0 bridgehead atoms. The molecule has 1 aromatic carbocycles. The van der Waals surface area contributed by atoms with Crippen molar-refractivity contribution in [3.05, 3.63) is 23.8 Å². The third kappa shape index (κ3) is 5.59. The van der Waals surface area contributed by atoms with Gasteiger partial charge in [0.2, 0.25) is 0 Å². The van der Waals surface area contributed by atoms with E-state index in [-0.39, 0.29) is 24.3 Å². The Bertz CT molecular complexity index is 560. The van der Waals surface area contributed by atoms with E-state index in [1.807, 2.05) is 13.8 Å². The van der Waals surface area contributed by atoms with Crippen LogP contribution in [-0.4, -0.2) is 37.9 Å². The highest BCUT2D eigenvalue weighted by Crippen LogP contribution is 2.37. The summed E-state index contributed by atoms with van der Waals surface area (Å²) in [6.07, 6.45) is -4.26. The molecule has 0 radical (unpaired) electrons. The van der Waals surface area contributed by atoms with Crippen molar-refractivity contribution in [3.8, 4) is 0 Å². The molecule has 8 heteroatoms. The van der Waals surface area contributed by atoms with Gasteiger partial charge in [0.1, 0.15) is 0 Å². The lowest BCUT2D eigenvalue weighted by Gasteiger charge is -2.23. The minimum Gasteiger partial charge on any atom is -0.396 e. The molecule has 24 heavy (non-hydrogen) atoms. The number of amides is 2. The van der Waals surface area contributed by atoms with Crippen molar-refractivity contribution in [2.24, 2.45) is 5.92 Å². The molecule has 0 fully saturated rings. The molecule has 0 aliphatic carbocycles. The molecule has 5 nitrogen and oxygen atoms in total. The average molecular weight is 347 g/mol. The summed E-state index contributed by atoms with van der Waals surface area (Å²) in [5.41, 5.74) is -0.835. The Morgan fingerprint density at radius 2 is 1.92 bits per heavy atom. The van der Waals surface area contributed by atoms with Crippen molar-refractivity contribution in [1.82, 2.24) is 5.32 Å². The fourth-order valence-electron chi connectivity index (χ4n) is 2.19. The SMILES string of the molecule is CC(C)C(CCO)NC(=O)Nc1ccc(N(C)C)cc1C(F)(F)F. The fraction of sp³-hybridized carbons (Fsp3) is 0.562. The minimum atomic E-state index is -4.59. The van der Waals surface area contributed by atoms with E-state index in [0.717, 1.165) is 6.07 Å². The number of urea groups is 1. The molecule has 0 saturated carbocycles. The zero-order valence-corrected chi connectivity index (χ0v) is 14.2. The van der Waals surface area contributed by atoms with E-state index in [2.05, 4.69) is 10.6 Å². The molecule has 1 aromatic rings. The van der Waals surface area contributed by atoms with Crippen molar-refractivity contribution >= 4 is 17.4 Å². The fourth-order valence-corrected chi connectivity index (χ4v) is 2.19. The lowest BCUT2D eigenvalue weighted by molar-refractivity contribution is -0.136. The number of carbonyl (C=O) groups excluding carboxylic acids is 1. The summed E-state index contributed by atoms with van der Waals surface area (Å²) in [4.78, 5) is 13.6. The molecular formula is C16H24F3N3O2. The lowest BCUT2D eigenvalue weighted by Crippen LogP contribution is -2.41. The van der Waals surface area contributed by atoms with E-state index in [1.54, 1.807) is 19.0 Å². The van der Waals surface area contributed by atoms with Crippen LogP contribution in [0.5, 0.6) is 0 Å². The normalized spacial score (nSPS) is 12.9. The summed E-state index contributed by atoms with van der Waals surface area (Å²) in [5, 5.41) is 13.8. The Balaban J connectivity index is 2.99. The van der Waals surface area contributed by atoms with Crippen LogP contribution in [-0.2, 0) is 6.18 Å². The third-order valence-electron chi connectivity index (χ3n) is 3.63. The van der Waals surface area contributed by atoms with E-state index >= 15 is 0 Å². The van der Waals surface area contributed by atoms with E-state index in [0.29, 0.717) is 12.1 Å². The quantitative estimate of drug-likeness (QED) is 0.740. The first-order valence-corrected chi connectivity index (χ1v) is 7.63. The summed E-state index contributed by atoms with van der Waals surface area (Å²) < 4.78 is 39.7. The van der Waals surface area contributed by atoms with Crippen LogP contribution in [0.4, 0.5) is 29.3 Å². The van der Waals surface area contributed by atoms with Crippen LogP contribution in [0.2, 0.25) is 0 Å². The van der Waals surface area contributed by atoms with Crippen LogP contribution < -0.4 is 15.5 Å². The highest BCUT2D eigenvalue weighted by Gasteiger charge is 2.34. The van der Waals surface area contributed by atoms with Gasteiger partial charge in [-0.25, -0.2) is 4.79 Å². The van der Waals surface area contributed by atoms with Gasteiger partial charge in [-0.2, -0.15) is 13.2 Å². The zero-order chi connectivity index (χ0) is 18.5. The Morgan fingerprint density at radius 3 is 2.38 bits per heavy atom. The number of aliphatic hydroxyl groups excluding tert-OH is 1. The van der Waals surface area contributed by atoms with Gasteiger partial charge in [0.25, 0.3) is 0 Å². The van der Waals surface area contributed by atoms with E-state index in [1.165, 1.54) is 12.1 Å². The molecule has 2 amide bonds. The first kappa shape index (κ1) is 20.1. The van der Waals surface area contributed by atoms with Crippen LogP contribution in [0.3, 0.4) is 0 Å². The average Bonchev–Trinajstić information content (AvgIpc) is 2.45. The monoisotopic (exact) mass is 347 g/mol. The molecule has 0 aliphatic heterocycles.